The highest BCUT2D eigenvalue weighted by Crippen LogP contribution is 2.24. The van der Waals surface area contributed by atoms with Crippen molar-refractivity contribution in [2.75, 3.05) is 59.1 Å². The molecule has 1 aromatic carbocycles. The molecule has 2 heterocycles. The molecule has 0 aromatic heterocycles. The van der Waals surface area contributed by atoms with Crippen molar-refractivity contribution in [1.82, 2.24) is 9.80 Å². The van der Waals surface area contributed by atoms with Gasteiger partial charge in [-0.1, -0.05) is 30.3 Å². The molecule has 2 fully saturated rings. The van der Waals surface area contributed by atoms with E-state index in [1.165, 1.54) is 12.0 Å². The molecule has 1 aromatic rings. The summed E-state index contributed by atoms with van der Waals surface area (Å²) in [6.45, 7) is 8.58. The number of likely N-dealkylation sites (tertiary alicyclic amines) is 1. The van der Waals surface area contributed by atoms with Gasteiger partial charge in [0.25, 0.3) is 0 Å². The van der Waals surface area contributed by atoms with Gasteiger partial charge in [0.05, 0.1) is 13.2 Å². The predicted molar refractivity (Wildman–Crippen MR) is 92.5 cm³/mol. The third-order valence-corrected chi connectivity index (χ3v) is 5.27. The SMILES string of the molecule is OC[C@H]1CN(CCCc2ccccc2)C[C@H]1CN1CCOCC1. The van der Waals surface area contributed by atoms with Crippen molar-refractivity contribution in [2.24, 2.45) is 11.8 Å². The second kappa shape index (κ2) is 8.78. The lowest BCUT2D eigenvalue weighted by Crippen LogP contribution is -2.41. The summed E-state index contributed by atoms with van der Waals surface area (Å²) in [4.78, 5) is 5.05. The standard InChI is InChI=1S/C19H30N2O2/c22-16-19-15-21(8-4-7-17-5-2-1-3-6-17)14-18(19)13-20-9-11-23-12-10-20/h1-3,5-6,18-19,22H,4,7-16H2/t18-,19-/m1/s1. The first-order chi connectivity index (χ1) is 11.3. The molecular weight excluding hydrogens is 288 g/mol. The van der Waals surface area contributed by atoms with Crippen LogP contribution >= 0.6 is 0 Å². The van der Waals surface area contributed by atoms with Gasteiger partial charge in [-0.05, 0) is 36.8 Å². The van der Waals surface area contributed by atoms with Crippen LogP contribution in [0.3, 0.4) is 0 Å². The van der Waals surface area contributed by atoms with Gasteiger partial charge in [0.15, 0.2) is 0 Å². The molecular formula is C19H30N2O2. The highest BCUT2D eigenvalue weighted by atomic mass is 16.5. The normalized spacial score (nSPS) is 26.7. The van der Waals surface area contributed by atoms with Crippen LogP contribution in [0.5, 0.6) is 0 Å². The Morgan fingerprint density at radius 2 is 1.74 bits per heavy atom. The number of hydrogen-bond acceptors (Lipinski definition) is 4. The molecule has 0 bridgehead atoms. The van der Waals surface area contributed by atoms with Gasteiger partial charge in [-0.2, -0.15) is 0 Å². The first kappa shape index (κ1) is 16.9. The fraction of sp³-hybridized carbons (Fsp3) is 0.684. The van der Waals surface area contributed by atoms with Crippen LogP contribution in [0.4, 0.5) is 0 Å². The average Bonchev–Trinajstić information content (AvgIpc) is 2.98. The number of hydrogen-bond donors (Lipinski definition) is 1. The van der Waals surface area contributed by atoms with Crippen molar-refractivity contribution < 1.29 is 9.84 Å². The minimum absolute atomic E-state index is 0.324. The zero-order valence-corrected chi connectivity index (χ0v) is 14.1. The van der Waals surface area contributed by atoms with Crippen LogP contribution in [0.2, 0.25) is 0 Å². The summed E-state index contributed by atoms with van der Waals surface area (Å²) in [7, 11) is 0. The quantitative estimate of drug-likeness (QED) is 0.826. The summed E-state index contributed by atoms with van der Waals surface area (Å²) in [5.74, 6) is 1.05. The number of ether oxygens (including phenoxy) is 1. The molecule has 0 saturated carbocycles. The third kappa shape index (κ3) is 5.01. The summed E-state index contributed by atoms with van der Waals surface area (Å²) >= 11 is 0. The number of morpholine rings is 1. The fourth-order valence-corrected chi connectivity index (χ4v) is 3.90. The Hall–Kier alpha value is -0.940. The Kier molecular flexibility index (Phi) is 6.46. The van der Waals surface area contributed by atoms with E-state index in [0.29, 0.717) is 18.4 Å². The molecule has 0 radical (unpaired) electrons. The van der Waals surface area contributed by atoms with E-state index in [4.69, 9.17) is 4.74 Å². The summed E-state index contributed by atoms with van der Waals surface area (Å²) in [6, 6.07) is 10.7. The lowest BCUT2D eigenvalue weighted by Gasteiger charge is -2.30. The number of nitrogens with zero attached hydrogens (tertiary/aromatic N) is 2. The van der Waals surface area contributed by atoms with Crippen LogP contribution in [-0.4, -0.2) is 74.0 Å². The van der Waals surface area contributed by atoms with Gasteiger partial charge in [0.1, 0.15) is 0 Å². The molecule has 2 saturated heterocycles. The van der Waals surface area contributed by atoms with Crippen molar-refractivity contribution in [3.8, 4) is 0 Å². The van der Waals surface area contributed by atoms with E-state index in [-0.39, 0.29) is 0 Å². The zero-order chi connectivity index (χ0) is 15.9. The second-order valence-electron chi connectivity index (χ2n) is 6.96. The van der Waals surface area contributed by atoms with Crippen LogP contribution in [-0.2, 0) is 11.2 Å². The number of aliphatic hydroxyl groups is 1. The summed E-state index contributed by atoms with van der Waals surface area (Å²) < 4.78 is 5.43. The Morgan fingerprint density at radius 3 is 2.48 bits per heavy atom. The topological polar surface area (TPSA) is 35.9 Å². The van der Waals surface area contributed by atoms with E-state index in [0.717, 1.165) is 58.9 Å². The maximum atomic E-state index is 9.72. The molecule has 2 aliphatic rings. The van der Waals surface area contributed by atoms with Crippen LogP contribution in [0.25, 0.3) is 0 Å². The van der Waals surface area contributed by atoms with Gasteiger partial charge in [-0.15, -0.1) is 0 Å². The monoisotopic (exact) mass is 318 g/mol. The highest BCUT2D eigenvalue weighted by molar-refractivity contribution is 5.14. The molecule has 0 amide bonds. The minimum Gasteiger partial charge on any atom is -0.396 e. The molecule has 2 atom stereocenters. The zero-order valence-electron chi connectivity index (χ0n) is 14.1. The summed E-state index contributed by atoms with van der Waals surface area (Å²) in [5.41, 5.74) is 1.43. The van der Waals surface area contributed by atoms with E-state index in [9.17, 15) is 5.11 Å². The minimum atomic E-state index is 0.324. The average molecular weight is 318 g/mol. The maximum absolute atomic E-state index is 9.72. The molecule has 1 N–H and O–H groups in total. The number of aryl methyl sites for hydroxylation is 1. The van der Waals surface area contributed by atoms with E-state index >= 15 is 0 Å². The third-order valence-electron chi connectivity index (χ3n) is 5.27. The van der Waals surface area contributed by atoms with Crippen molar-refractivity contribution >= 4 is 0 Å². The second-order valence-corrected chi connectivity index (χ2v) is 6.96. The lowest BCUT2D eigenvalue weighted by molar-refractivity contribution is 0.0265. The first-order valence-corrected chi connectivity index (χ1v) is 9.02. The van der Waals surface area contributed by atoms with Gasteiger partial charge in [0.2, 0.25) is 0 Å². The van der Waals surface area contributed by atoms with Crippen molar-refractivity contribution in [1.29, 1.82) is 0 Å². The Balaban J connectivity index is 1.42. The molecule has 2 aliphatic heterocycles. The smallest absolute Gasteiger partial charge is 0.0594 e. The van der Waals surface area contributed by atoms with E-state index in [1.807, 2.05) is 0 Å². The molecule has 3 rings (SSSR count). The molecule has 0 spiro atoms. The van der Waals surface area contributed by atoms with Gasteiger partial charge >= 0.3 is 0 Å². The largest absolute Gasteiger partial charge is 0.396 e. The Labute approximate surface area is 140 Å². The van der Waals surface area contributed by atoms with Gasteiger partial charge < -0.3 is 14.7 Å². The lowest BCUT2D eigenvalue weighted by atomic mass is 9.96. The molecule has 4 heteroatoms. The van der Waals surface area contributed by atoms with Gasteiger partial charge in [-0.25, -0.2) is 0 Å². The van der Waals surface area contributed by atoms with Crippen LogP contribution in [0.1, 0.15) is 12.0 Å². The van der Waals surface area contributed by atoms with Gasteiger partial charge in [0, 0.05) is 39.3 Å². The number of benzene rings is 1. The Bertz CT molecular complexity index is 448. The van der Waals surface area contributed by atoms with E-state index in [2.05, 4.69) is 40.1 Å². The highest BCUT2D eigenvalue weighted by Gasteiger charge is 2.33. The molecule has 0 aliphatic carbocycles. The summed E-state index contributed by atoms with van der Waals surface area (Å²) in [5, 5.41) is 9.72. The molecule has 128 valence electrons. The first-order valence-electron chi connectivity index (χ1n) is 9.02. The van der Waals surface area contributed by atoms with Crippen LogP contribution in [0.15, 0.2) is 30.3 Å². The molecule has 0 unspecified atom stereocenters. The predicted octanol–water partition coefficient (Wildman–Crippen LogP) is 1.49. The van der Waals surface area contributed by atoms with E-state index in [1.54, 1.807) is 0 Å². The van der Waals surface area contributed by atoms with Crippen LogP contribution in [0, 0.1) is 11.8 Å². The van der Waals surface area contributed by atoms with E-state index < -0.39 is 0 Å². The van der Waals surface area contributed by atoms with Crippen molar-refractivity contribution in [2.45, 2.75) is 12.8 Å². The number of rotatable bonds is 7. The fourth-order valence-electron chi connectivity index (χ4n) is 3.90. The van der Waals surface area contributed by atoms with Crippen LogP contribution < -0.4 is 0 Å². The molecule has 23 heavy (non-hydrogen) atoms. The van der Waals surface area contributed by atoms with Crippen molar-refractivity contribution in [3.05, 3.63) is 35.9 Å². The summed E-state index contributed by atoms with van der Waals surface area (Å²) in [6.07, 6.45) is 2.35. The van der Waals surface area contributed by atoms with Crippen molar-refractivity contribution in [3.63, 3.8) is 0 Å². The molecule has 4 nitrogen and oxygen atoms in total. The Morgan fingerprint density at radius 1 is 1.00 bits per heavy atom. The number of aliphatic hydroxyl groups excluding tert-OH is 1. The maximum Gasteiger partial charge on any atom is 0.0594 e. The van der Waals surface area contributed by atoms with Gasteiger partial charge in [-0.3, -0.25) is 4.90 Å².